The molecule has 0 aromatic carbocycles. The van der Waals surface area contributed by atoms with Crippen molar-refractivity contribution in [1.82, 2.24) is 24.7 Å². The van der Waals surface area contributed by atoms with Gasteiger partial charge in [0, 0.05) is 20.1 Å². The third-order valence-corrected chi connectivity index (χ3v) is 3.27. The molecular weight excluding hydrogens is 280 g/mol. The van der Waals surface area contributed by atoms with E-state index in [1.54, 1.807) is 17.1 Å². The molecule has 0 bridgehead atoms. The summed E-state index contributed by atoms with van der Waals surface area (Å²) < 4.78 is 7.20. The summed E-state index contributed by atoms with van der Waals surface area (Å²) >= 11 is 5.95. The van der Waals surface area contributed by atoms with Gasteiger partial charge in [0.05, 0.1) is 12.4 Å². The maximum Gasteiger partial charge on any atom is 0.328 e. The van der Waals surface area contributed by atoms with Gasteiger partial charge in [-0.2, -0.15) is 20.1 Å². The van der Waals surface area contributed by atoms with Crippen molar-refractivity contribution in [2.24, 2.45) is 7.05 Å². The maximum absolute atomic E-state index is 5.95. The van der Waals surface area contributed by atoms with E-state index in [4.69, 9.17) is 16.3 Å². The molecule has 2 aromatic heterocycles. The third kappa shape index (κ3) is 2.98. The van der Waals surface area contributed by atoms with Gasteiger partial charge < -0.3 is 9.64 Å². The lowest BCUT2D eigenvalue weighted by molar-refractivity contribution is 0.437. The number of piperidine rings is 1. The zero-order valence-electron chi connectivity index (χ0n) is 11.2. The van der Waals surface area contributed by atoms with Crippen LogP contribution in [0.25, 0.3) is 0 Å². The normalized spacial score (nSPS) is 15.4. The van der Waals surface area contributed by atoms with Crippen LogP contribution in [-0.2, 0) is 7.05 Å². The second kappa shape index (κ2) is 5.62. The van der Waals surface area contributed by atoms with Gasteiger partial charge in [0.15, 0.2) is 5.75 Å². The van der Waals surface area contributed by atoms with E-state index in [0.717, 1.165) is 25.9 Å². The van der Waals surface area contributed by atoms with Gasteiger partial charge in [-0.25, -0.2) is 0 Å². The Morgan fingerprint density at radius 2 is 1.95 bits per heavy atom. The molecule has 1 fully saturated rings. The van der Waals surface area contributed by atoms with E-state index in [-0.39, 0.29) is 11.3 Å². The van der Waals surface area contributed by atoms with E-state index in [1.165, 1.54) is 6.42 Å². The van der Waals surface area contributed by atoms with E-state index in [2.05, 4.69) is 25.0 Å². The van der Waals surface area contributed by atoms with Crippen LogP contribution in [0.1, 0.15) is 19.3 Å². The average Bonchev–Trinajstić information content (AvgIpc) is 2.84. The first-order valence-electron chi connectivity index (χ1n) is 6.54. The minimum Gasteiger partial charge on any atom is -0.421 e. The second-order valence-electron chi connectivity index (χ2n) is 4.69. The second-order valence-corrected chi connectivity index (χ2v) is 5.02. The van der Waals surface area contributed by atoms with Gasteiger partial charge in [0.25, 0.3) is 0 Å². The first-order chi connectivity index (χ1) is 9.70. The molecule has 0 saturated carbocycles. The molecular formula is C12H15ClN6O. The van der Waals surface area contributed by atoms with E-state index in [0.29, 0.717) is 11.7 Å². The van der Waals surface area contributed by atoms with Crippen LogP contribution in [0.5, 0.6) is 11.8 Å². The van der Waals surface area contributed by atoms with E-state index >= 15 is 0 Å². The molecule has 3 heterocycles. The molecule has 1 aliphatic heterocycles. The lowest BCUT2D eigenvalue weighted by atomic mass is 10.1. The molecule has 3 rings (SSSR count). The van der Waals surface area contributed by atoms with Gasteiger partial charge in [-0.3, -0.25) is 4.68 Å². The molecule has 2 aromatic rings. The molecule has 0 N–H and O–H groups in total. The topological polar surface area (TPSA) is 69.0 Å². The fourth-order valence-electron chi connectivity index (χ4n) is 2.16. The summed E-state index contributed by atoms with van der Waals surface area (Å²) in [4.78, 5) is 14.6. The van der Waals surface area contributed by atoms with Crippen molar-refractivity contribution in [2.75, 3.05) is 18.0 Å². The Kier molecular flexibility index (Phi) is 3.68. The molecule has 1 aliphatic rings. The van der Waals surface area contributed by atoms with Crippen molar-refractivity contribution in [3.05, 3.63) is 17.7 Å². The van der Waals surface area contributed by atoms with Crippen LogP contribution in [0.15, 0.2) is 12.4 Å². The number of anilines is 1. The van der Waals surface area contributed by atoms with Crippen molar-refractivity contribution in [1.29, 1.82) is 0 Å². The van der Waals surface area contributed by atoms with Gasteiger partial charge in [-0.15, -0.1) is 0 Å². The monoisotopic (exact) mass is 294 g/mol. The van der Waals surface area contributed by atoms with Crippen LogP contribution in [0.4, 0.5) is 5.95 Å². The molecule has 20 heavy (non-hydrogen) atoms. The minimum absolute atomic E-state index is 0.138. The highest BCUT2D eigenvalue weighted by Gasteiger charge is 2.16. The third-order valence-electron chi connectivity index (χ3n) is 3.11. The van der Waals surface area contributed by atoms with Crippen LogP contribution in [0.2, 0.25) is 5.28 Å². The van der Waals surface area contributed by atoms with Gasteiger partial charge in [0.1, 0.15) is 0 Å². The van der Waals surface area contributed by atoms with E-state index < -0.39 is 0 Å². The highest BCUT2D eigenvalue weighted by molar-refractivity contribution is 6.28. The summed E-state index contributed by atoms with van der Waals surface area (Å²) in [6, 6.07) is 0.193. The zero-order valence-corrected chi connectivity index (χ0v) is 11.9. The Labute approximate surface area is 121 Å². The number of hydrogen-bond acceptors (Lipinski definition) is 6. The molecule has 0 unspecified atom stereocenters. The fourth-order valence-corrected chi connectivity index (χ4v) is 2.31. The number of nitrogens with zero attached hydrogens (tertiary/aromatic N) is 6. The predicted molar refractivity (Wildman–Crippen MR) is 74.2 cm³/mol. The van der Waals surface area contributed by atoms with Crippen LogP contribution < -0.4 is 9.64 Å². The van der Waals surface area contributed by atoms with Gasteiger partial charge in [-0.1, -0.05) is 0 Å². The SMILES string of the molecule is Cn1cc(Oc2nc(Cl)nc(N3CCCCC3)n2)cn1. The van der Waals surface area contributed by atoms with Crippen molar-refractivity contribution in [3.8, 4) is 11.8 Å². The maximum atomic E-state index is 5.95. The van der Waals surface area contributed by atoms with E-state index in [1.807, 2.05) is 7.05 Å². The Balaban J connectivity index is 1.82. The molecule has 8 heteroatoms. The average molecular weight is 295 g/mol. The van der Waals surface area contributed by atoms with Crippen molar-refractivity contribution < 1.29 is 4.74 Å². The van der Waals surface area contributed by atoms with Crippen LogP contribution in [0.3, 0.4) is 0 Å². The summed E-state index contributed by atoms with van der Waals surface area (Å²) in [6.07, 6.45) is 6.86. The Bertz CT molecular complexity index is 595. The summed E-state index contributed by atoms with van der Waals surface area (Å²) in [5.74, 6) is 1.14. The molecule has 1 saturated heterocycles. The molecule has 0 spiro atoms. The fraction of sp³-hybridized carbons (Fsp3) is 0.500. The predicted octanol–water partition coefficient (Wildman–Crippen LogP) is 2.04. The van der Waals surface area contributed by atoms with Crippen LogP contribution in [0, 0.1) is 0 Å². The molecule has 106 valence electrons. The summed E-state index contributed by atoms with van der Waals surface area (Å²) in [5.41, 5.74) is 0. The smallest absolute Gasteiger partial charge is 0.328 e. The standard InChI is InChI=1S/C12H15ClN6O/c1-18-8-9(7-14-18)20-12-16-10(13)15-11(17-12)19-5-3-2-4-6-19/h7-8H,2-6H2,1H3. The number of rotatable bonds is 3. The number of halogens is 1. The van der Waals surface area contributed by atoms with Crippen molar-refractivity contribution >= 4 is 17.5 Å². The van der Waals surface area contributed by atoms with E-state index in [9.17, 15) is 0 Å². The molecule has 0 atom stereocenters. The number of hydrogen-bond donors (Lipinski definition) is 0. The lowest BCUT2D eigenvalue weighted by Crippen LogP contribution is -2.31. The number of aromatic nitrogens is 5. The highest BCUT2D eigenvalue weighted by Crippen LogP contribution is 2.22. The molecule has 7 nitrogen and oxygen atoms in total. The Morgan fingerprint density at radius 3 is 2.65 bits per heavy atom. The molecule has 0 radical (unpaired) electrons. The van der Waals surface area contributed by atoms with Gasteiger partial charge in [0.2, 0.25) is 11.2 Å². The summed E-state index contributed by atoms with van der Waals surface area (Å²) in [7, 11) is 1.81. The lowest BCUT2D eigenvalue weighted by Gasteiger charge is -2.26. The molecule has 0 aliphatic carbocycles. The molecule has 0 amide bonds. The minimum atomic E-state index is 0.138. The zero-order chi connectivity index (χ0) is 13.9. The number of aryl methyl sites for hydroxylation is 1. The van der Waals surface area contributed by atoms with Gasteiger partial charge >= 0.3 is 6.01 Å². The largest absolute Gasteiger partial charge is 0.421 e. The summed E-state index contributed by atoms with van der Waals surface area (Å²) in [6.45, 7) is 1.87. The quantitative estimate of drug-likeness (QED) is 0.863. The first-order valence-corrected chi connectivity index (χ1v) is 6.91. The van der Waals surface area contributed by atoms with Crippen molar-refractivity contribution in [2.45, 2.75) is 19.3 Å². The van der Waals surface area contributed by atoms with Gasteiger partial charge in [-0.05, 0) is 30.9 Å². The highest BCUT2D eigenvalue weighted by atomic mass is 35.5. The Hall–Kier alpha value is -1.89. The van der Waals surface area contributed by atoms with Crippen molar-refractivity contribution in [3.63, 3.8) is 0 Å². The first kappa shape index (κ1) is 13.1. The summed E-state index contributed by atoms with van der Waals surface area (Å²) in [5, 5.41) is 4.16. The Morgan fingerprint density at radius 1 is 1.15 bits per heavy atom. The number of ether oxygens (including phenoxy) is 1. The van der Waals surface area contributed by atoms with Crippen LogP contribution >= 0.6 is 11.6 Å². The van der Waals surface area contributed by atoms with Crippen LogP contribution in [-0.4, -0.2) is 37.8 Å².